The molecule has 0 aliphatic heterocycles. The summed E-state index contributed by atoms with van der Waals surface area (Å²) in [5.41, 5.74) is 0.943. The Morgan fingerprint density at radius 1 is 1.09 bits per heavy atom. The van der Waals surface area contributed by atoms with Crippen molar-refractivity contribution in [2.24, 2.45) is 0 Å². The molecule has 0 aliphatic rings. The molecule has 0 bridgehead atoms. The smallest absolute Gasteiger partial charge is 0.311 e. The van der Waals surface area contributed by atoms with Gasteiger partial charge >= 0.3 is 5.69 Å². The number of pyridine rings is 1. The fourth-order valence-corrected chi connectivity index (χ4v) is 2.48. The number of rotatable bonds is 4. The number of nitrogens with zero attached hydrogens (tertiary/aromatic N) is 2. The van der Waals surface area contributed by atoms with E-state index in [1.165, 1.54) is 12.1 Å². The molecule has 0 unspecified atom stereocenters. The lowest BCUT2D eigenvalue weighted by molar-refractivity contribution is -0.384. The predicted molar refractivity (Wildman–Crippen MR) is 87.2 cm³/mol. The first kappa shape index (κ1) is 14.3. The summed E-state index contributed by atoms with van der Waals surface area (Å²) in [5.74, 6) is 0.172. The van der Waals surface area contributed by atoms with E-state index < -0.39 is 4.92 Å². The Bertz CT molecular complexity index is 846. The zero-order chi connectivity index (χ0) is 15.5. The van der Waals surface area contributed by atoms with Gasteiger partial charge in [0.05, 0.1) is 4.92 Å². The van der Waals surface area contributed by atoms with E-state index in [1.807, 2.05) is 42.5 Å². The van der Waals surface area contributed by atoms with Crippen LogP contribution in [0.3, 0.4) is 0 Å². The fourth-order valence-electron chi connectivity index (χ4n) is 2.33. The average Bonchev–Trinajstić information content (AvgIpc) is 2.52. The van der Waals surface area contributed by atoms with Crippen LogP contribution >= 0.6 is 11.6 Å². The second kappa shape index (κ2) is 5.99. The number of nitrogens with one attached hydrogen (secondary N) is 1. The predicted octanol–water partition coefficient (Wildman–Crippen LogP) is 4.41. The van der Waals surface area contributed by atoms with Crippen LogP contribution < -0.4 is 5.32 Å². The van der Waals surface area contributed by atoms with Crippen molar-refractivity contribution in [2.75, 3.05) is 5.32 Å². The van der Waals surface area contributed by atoms with Crippen molar-refractivity contribution >= 4 is 33.9 Å². The van der Waals surface area contributed by atoms with E-state index in [1.54, 1.807) is 0 Å². The molecule has 1 N–H and O–H groups in total. The zero-order valence-corrected chi connectivity index (χ0v) is 12.2. The van der Waals surface area contributed by atoms with Crippen LogP contribution in [0.4, 0.5) is 11.5 Å². The number of nitro groups is 1. The van der Waals surface area contributed by atoms with Gasteiger partial charge in [0, 0.05) is 12.6 Å². The molecule has 6 heteroatoms. The van der Waals surface area contributed by atoms with Crippen molar-refractivity contribution in [3.8, 4) is 0 Å². The first-order valence-corrected chi connectivity index (χ1v) is 7.04. The summed E-state index contributed by atoms with van der Waals surface area (Å²) in [6.45, 7) is 0.426. The van der Waals surface area contributed by atoms with Gasteiger partial charge in [0.15, 0.2) is 0 Å². The quantitative estimate of drug-likeness (QED) is 0.440. The number of fused-ring (bicyclic) bond motifs is 1. The summed E-state index contributed by atoms with van der Waals surface area (Å²) < 4.78 is 0. The molecule has 0 fully saturated rings. The Labute approximate surface area is 131 Å². The maximum absolute atomic E-state index is 11.0. The Balaban J connectivity index is 1.92. The molecule has 110 valence electrons. The van der Waals surface area contributed by atoms with Crippen LogP contribution in [0.15, 0.2) is 54.6 Å². The topological polar surface area (TPSA) is 68.1 Å². The van der Waals surface area contributed by atoms with Gasteiger partial charge in [-0.15, -0.1) is 0 Å². The van der Waals surface area contributed by atoms with E-state index in [2.05, 4.69) is 10.3 Å². The highest BCUT2D eigenvalue weighted by Crippen LogP contribution is 2.25. The van der Waals surface area contributed by atoms with E-state index >= 15 is 0 Å². The van der Waals surface area contributed by atoms with E-state index in [9.17, 15) is 10.1 Å². The number of anilines is 1. The lowest BCUT2D eigenvalue weighted by Crippen LogP contribution is -2.05. The van der Waals surface area contributed by atoms with Gasteiger partial charge in [-0.2, -0.15) is 0 Å². The summed E-state index contributed by atoms with van der Waals surface area (Å²) >= 11 is 5.82. The molecule has 3 aromatic rings. The molecule has 1 aromatic heterocycles. The van der Waals surface area contributed by atoms with Crippen molar-refractivity contribution in [1.82, 2.24) is 4.98 Å². The maximum Gasteiger partial charge on any atom is 0.311 e. The van der Waals surface area contributed by atoms with Gasteiger partial charge < -0.3 is 5.32 Å². The summed E-state index contributed by atoms with van der Waals surface area (Å²) in [6.07, 6.45) is 0. The van der Waals surface area contributed by atoms with Gasteiger partial charge in [-0.1, -0.05) is 54.1 Å². The summed E-state index contributed by atoms with van der Waals surface area (Å²) in [7, 11) is 0. The lowest BCUT2D eigenvalue weighted by Gasteiger charge is -2.09. The largest absolute Gasteiger partial charge is 0.360 e. The van der Waals surface area contributed by atoms with E-state index in [0.29, 0.717) is 6.54 Å². The second-order valence-corrected chi connectivity index (χ2v) is 5.14. The molecule has 5 nitrogen and oxygen atoms in total. The van der Waals surface area contributed by atoms with Crippen LogP contribution in [0.5, 0.6) is 0 Å². The molecular formula is C16H12ClN3O2. The first-order valence-electron chi connectivity index (χ1n) is 6.66. The van der Waals surface area contributed by atoms with Gasteiger partial charge in [0.1, 0.15) is 5.15 Å². The van der Waals surface area contributed by atoms with Crippen LogP contribution in [-0.2, 0) is 6.54 Å². The molecule has 0 amide bonds. The molecule has 0 radical (unpaired) electrons. The van der Waals surface area contributed by atoms with Gasteiger partial charge in [-0.05, 0) is 22.4 Å². The molecule has 3 rings (SSSR count). The Hall–Kier alpha value is -2.66. The minimum absolute atomic E-state index is 0.0929. The Morgan fingerprint density at radius 3 is 2.68 bits per heavy atom. The lowest BCUT2D eigenvalue weighted by atomic mass is 10.0. The molecule has 1 heterocycles. The summed E-state index contributed by atoms with van der Waals surface area (Å²) in [5, 5.41) is 16.5. The molecule has 0 spiro atoms. The molecule has 0 saturated heterocycles. The van der Waals surface area contributed by atoms with Gasteiger partial charge in [0.2, 0.25) is 5.82 Å². The third-order valence-electron chi connectivity index (χ3n) is 3.36. The van der Waals surface area contributed by atoms with Crippen molar-refractivity contribution in [1.29, 1.82) is 0 Å². The van der Waals surface area contributed by atoms with Gasteiger partial charge in [-0.25, -0.2) is 4.98 Å². The van der Waals surface area contributed by atoms with E-state index in [-0.39, 0.29) is 16.7 Å². The second-order valence-electron chi connectivity index (χ2n) is 4.75. The molecule has 2 aromatic carbocycles. The zero-order valence-electron chi connectivity index (χ0n) is 11.5. The molecule has 0 aliphatic carbocycles. The third-order valence-corrected chi connectivity index (χ3v) is 3.57. The third kappa shape index (κ3) is 2.84. The number of aromatic nitrogens is 1. The van der Waals surface area contributed by atoms with Crippen molar-refractivity contribution in [2.45, 2.75) is 6.54 Å². The van der Waals surface area contributed by atoms with Crippen LogP contribution in [0.2, 0.25) is 5.15 Å². The van der Waals surface area contributed by atoms with Gasteiger partial charge in [-0.3, -0.25) is 10.1 Å². The van der Waals surface area contributed by atoms with E-state index in [4.69, 9.17) is 11.6 Å². The number of halogens is 1. The van der Waals surface area contributed by atoms with Crippen molar-refractivity contribution in [3.63, 3.8) is 0 Å². The summed E-state index contributed by atoms with van der Waals surface area (Å²) in [6, 6.07) is 16.7. The maximum atomic E-state index is 11.0. The Kier molecular flexibility index (Phi) is 3.89. The normalized spacial score (nSPS) is 10.6. The molecule has 0 saturated carbocycles. The monoisotopic (exact) mass is 313 g/mol. The molecule has 0 atom stereocenters. The highest BCUT2D eigenvalue weighted by Gasteiger charge is 2.15. The highest BCUT2D eigenvalue weighted by molar-refractivity contribution is 6.29. The minimum atomic E-state index is -0.477. The van der Waals surface area contributed by atoms with Crippen LogP contribution in [0, 0.1) is 10.1 Å². The van der Waals surface area contributed by atoms with E-state index in [0.717, 1.165) is 16.3 Å². The van der Waals surface area contributed by atoms with Crippen LogP contribution in [0.1, 0.15) is 5.56 Å². The number of benzene rings is 2. The standard InChI is InChI=1S/C16H12ClN3O2/c17-15-9-8-14(20(21)22)16(19-15)18-10-12-6-3-5-11-4-1-2-7-13(11)12/h1-9H,10H2,(H,18,19). The highest BCUT2D eigenvalue weighted by atomic mass is 35.5. The minimum Gasteiger partial charge on any atom is -0.360 e. The van der Waals surface area contributed by atoms with Crippen LogP contribution in [-0.4, -0.2) is 9.91 Å². The van der Waals surface area contributed by atoms with Crippen molar-refractivity contribution < 1.29 is 4.92 Å². The molecular weight excluding hydrogens is 302 g/mol. The summed E-state index contributed by atoms with van der Waals surface area (Å²) in [4.78, 5) is 14.6. The SMILES string of the molecule is O=[N+]([O-])c1ccc(Cl)nc1NCc1cccc2ccccc12. The molecule has 22 heavy (non-hydrogen) atoms. The average molecular weight is 314 g/mol. The van der Waals surface area contributed by atoms with Crippen molar-refractivity contribution in [3.05, 3.63) is 75.4 Å². The number of hydrogen-bond donors (Lipinski definition) is 1. The fraction of sp³-hybridized carbons (Fsp3) is 0.0625. The Morgan fingerprint density at radius 2 is 1.86 bits per heavy atom. The van der Waals surface area contributed by atoms with Crippen LogP contribution in [0.25, 0.3) is 10.8 Å². The van der Waals surface area contributed by atoms with Gasteiger partial charge in [0.25, 0.3) is 0 Å². The number of hydrogen-bond acceptors (Lipinski definition) is 4. The first-order chi connectivity index (χ1) is 10.6.